The van der Waals surface area contributed by atoms with Gasteiger partial charge in [-0.05, 0) is 36.4 Å². The summed E-state index contributed by atoms with van der Waals surface area (Å²) in [4.78, 5) is 27.1. The first-order chi connectivity index (χ1) is 12.9. The highest BCUT2D eigenvalue weighted by Gasteiger charge is 2.34. The molecule has 2 N–H and O–H groups in total. The van der Waals surface area contributed by atoms with Gasteiger partial charge in [-0.3, -0.25) is 9.59 Å². The quantitative estimate of drug-likeness (QED) is 0.780. The second-order valence-electron chi connectivity index (χ2n) is 7.24. The smallest absolute Gasteiger partial charge is 0.279 e. The van der Waals surface area contributed by atoms with Crippen LogP contribution >= 0.6 is 0 Å². The molecule has 1 aliphatic carbocycles. The Hall–Kier alpha value is -2.73. The number of carbonyl (C=O) groups is 2. The van der Waals surface area contributed by atoms with Gasteiger partial charge in [-0.1, -0.05) is 12.1 Å². The summed E-state index contributed by atoms with van der Waals surface area (Å²) in [6, 6.07) is 13.8. The lowest BCUT2D eigenvalue weighted by molar-refractivity contribution is -0.916. The third-order valence-corrected chi connectivity index (χ3v) is 4.71. The Labute approximate surface area is 158 Å². The number of nitrogens with one attached hydrogen (secondary N) is 2. The molecule has 0 aliphatic heterocycles. The molecule has 6 heteroatoms. The average Bonchev–Trinajstić information content (AvgIpc) is 3.48. The number of amides is 2. The summed E-state index contributed by atoms with van der Waals surface area (Å²) in [5, 5.41) is 2.90. The predicted molar refractivity (Wildman–Crippen MR) is 102 cm³/mol. The highest BCUT2D eigenvalue weighted by atomic mass is 19.1. The van der Waals surface area contributed by atoms with Gasteiger partial charge in [0, 0.05) is 43.8 Å². The lowest BCUT2D eigenvalue weighted by Gasteiger charge is -2.19. The van der Waals surface area contributed by atoms with Crippen molar-refractivity contribution in [2.75, 3.05) is 26.0 Å². The second kappa shape index (κ2) is 8.31. The first-order valence-corrected chi connectivity index (χ1v) is 9.13. The van der Waals surface area contributed by atoms with E-state index in [0.29, 0.717) is 30.4 Å². The van der Waals surface area contributed by atoms with E-state index in [-0.39, 0.29) is 17.6 Å². The molecule has 0 radical (unpaired) electrons. The fourth-order valence-electron chi connectivity index (χ4n) is 3.07. The summed E-state index contributed by atoms with van der Waals surface area (Å²) in [5.74, 6) is -0.386. The molecule has 1 aliphatic rings. The maximum atomic E-state index is 13.1. The third kappa shape index (κ3) is 5.37. The molecule has 2 aromatic rings. The SMILES string of the molecule is CN(C)C(=O)c1ccc(NC(=O)C[NH+](Cc2ccc(F)cc2)C2CC2)cc1. The lowest BCUT2D eigenvalue weighted by atomic mass is 10.2. The van der Waals surface area contributed by atoms with Crippen LogP contribution in [0.2, 0.25) is 0 Å². The highest BCUT2D eigenvalue weighted by molar-refractivity contribution is 5.95. The van der Waals surface area contributed by atoms with Crippen molar-refractivity contribution in [1.29, 1.82) is 0 Å². The molecular formula is C21H25FN3O2+. The van der Waals surface area contributed by atoms with Crippen LogP contribution in [0.4, 0.5) is 10.1 Å². The Kier molecular flexibility index (Phi) is 5.86. The maximum absolute atomic E-state index is 13.1. The molecule has 0 heterocycles. The summed E-state index contributed by atoms with van der Waals surface area (Å²) in [5.41, 5.74) is 2.28. The zero-order chi connectivity index (χ0) is 19.4. The lowest BCUT2D eigenvalue weighted by Crippen LogP contribution is -3.13. The van der Waals surface area contributed by atoms with Crippen molar-refractivity contribution in [2.24, 2.45) is 0 Å². The predicted octanol–water partition coefficient (Wildman–Crippen LogP) is 1.71. The summed E-state index contributed by atoms with van der Waals surface area (Å²) in [6.45, 7) is 1.06. The Morgan fingerprint density at radius 3 is 2.26 bits per heavy atom. The van der Waals surface area contributed by atoms with Gasteiger partial charge >= 0.3 is 0 Å². The van der Waals surface area contributed by atoms with Crippen LogP contribution in [0.25, 0.3) is 0 Å². The Morgan fingerprint density at radius 1 is 1.07 bits per heavy atom. The number of rotatable bonds is 7. The van der Waals surface area contributed by atoms with Gasteiger partial charge in [0.05, 0.1) is 6.04 Å². The number of halogens is 1. The van der Waals surface area contributed by atoms with E-state index in [9.17, 15) is 14.0 Å². The Morgan fingerprint density at radius 2 is 1.70 bits per heavy atom. The summed E-state index contributed by atoms with van der Waals surface area (Å²) in [6.07, 6.45) is 2.23. The van der Waals surface area contributed by atoms with Crippen LogP contribution in [-0.2, 0) is 11.3 Å². The zero-order valence-corrected chi connectivity index (χ0v) is 15.7. The maximum Gasteiger partial charge on any atom is 0.279 e. The first kappa shape index (κ1) is 19.0. The average molecular weight is 370 g/mol. The van der Waals surface area contributed by atoms with Gasteiger partial charge in [0.25, 0.3) is 11.8 Å². The molecule has 0 saturated heterocycles. The van der Waals surface area contributed by atoms with Crippen molar-refractivity contribution in [2.45, 2.75) is 25.4 Å². The van der Waals surface area contributed by atoms with E-state index in [2.05, 4.69) is 5.32 Å². The van der Waals surface area contributed by atoms with Crippen molar-refractivity contribution >= 4 is 17.5 Å². The number of carbonyl (C=O) groups excluding carboxylic acids is 2. The second-order valence-corrected chi connectivity index (χ2v) is 7.24. The molecular weight excluding hydrogens is 345 g/mol. The number of quaternary nitrogens is 1. The minimum atomic E-state index is -0.249. The molecule has 1 unspecified atom stereocenters. The zero-order valence-electron chi connectivity index (χ0n) is 15.7. The van der Waals surface area contributed by atoms with E-state index < -0.39 is 0 Å². The fraction of sp³-hybridized carbons (Fsp3) is 0.333. The van der Waals surface area contributed by atoms with Gasteiger partial charge in [0.2, 0.25) is 0 Å². The van der Waals surface area contributed by atoms with E-state index >= 15 is 0 Å². The number of nitrogens with zero attached hydrogens (tertiary/aromatic N) is 1. The van der Waals surface area contributed by atoms with Crippen LogP contribution in [-0.4, -0.2) is 43.4 Å². The normalized spacial score (nSPS) is 14.5. The number of anilines is 1. The van der Waals surface area contributed by atoms with Crippen LogP contribution in [0.5, 0.6) is 0 Å². The largest absolute Gasteiger partial charge is 0.345 e. The minimum absolute atomic E-state index is 0.0642. The molecule has 2 aromatic carbocycles. The topological polar surface area (TPSA) is 53.9 Å². The summed E-state index contributed by atoms with van der Waals surface area (Å²) >= 11 is 0. The summed E-state index contributed by atoms with van der Waals surface area (Å²) < 4.78 is 13.1. The van der Waals surface area contributed by atoms with Crippen molar-refractivity contribution in [3.8, 4) is 0 Å². The minimum Gasteiger partial charge on any atom is -0.345 e. The molecule has 1 atom stereocenters. The van der Waals surface area contributed by atoms with Crippen LogP contribution in [0.15, 0.2) is 48.5 Å². The van der Waals surface area contributed by atoms with Gasteiger partial charge in [-0.15, -0.1) is 0 Å². The summed E-state index contributed by atoms with van der Waals surface area (Å²) in [7, 11) is 3.41. The van der Waals surface area contributed by atoms with Crippen molar-refractivity contribution < 1.29 is 18.9 Å². The first-order valence-electron chi connectivity index (χ1n) is 9.13. The van der Waals surface area contributed by atoms with Crippen LogP contribution in [0.3, 0.4) is 0 Å². The van der Waals surface area contributed by atoms with Gasteiger partial charge in [-0.2, -0.15) is 0 Å². The fourth-order valence-corrected chi connectivity index (χ4v) is 3.07. The van der Waals surface area contributed by atoms with E-state index in [4.69, 9.17) is 0 Å². The third-order valence-electron chi connectivity index (χ3n) is 4.71. The molecule has 142 valence electrons. The standard InChI is InChI=1S/C21H24FN3O2/c1-24(2)21(27)16-5-9-18(10-6-16)23-20(26)14-25(19-11-12-19)13-15-3-7-17(22)8-4-15/h3-10,19H,11-14H2,1-2H3,(H,23,26)/p+1. The molecule has 2 amide bonds. The molecule has 27 heavy (non-hydrogen) atoms. The van der Waals surface area contributed by atoms with E-state index in [1.165, 1.54) is 21.9 Å². The number of hydrogen-bond donors (Lipinski definition) is 2. The van der Waals surface area contributed by atoms with Crippen LogP contribution < -0.4 is 10.2 Å². The molecule has 0 aromatic heterocycles. The Balaban J connectivity index is 1.58. The molecule has 5 nitrogen and oxygen atoms in total. The van der Waals surface area contributed by atoms with Crippen molar-refractivity contribution in [1.82, 2.24) is 4.90 Å². The van der Waals surface area contributed by atoms with E-state index in [1.54, 1.807) is 50.5 Å². The van der Waals surface area contributed by atoms with Gasteiger partial charge in [-0.25, -0.2) is 4.39 Å². The van der Waals surface area contributed by atoms with Gasteiger partial charge < -0.3 is 15.1 Å². The van der Waals surface area contributed by atoms with Crippen molar-refractivity contribution in [3.05, 3.63) is 65.5 Å². The van der Waals surface area contributed by atoms with Crippen LogP contribution in [0.1, 0.15) is 28.8 Å². The van der Waals surface area contributed by atoms with Gasteiger partial charge in [0.15, 0.2) is 6.54 Å². The van der Waals surface area contributed by atoms with E-state index in [1.807, 2.05) is 0 Å². The molecule has 1 saturated carbocycles. The molecule has 0 spiro atoms. The highest BCUT2D eigenvalue weighted by Crippen LogP contribution is 2.16. The molecule has 3 rings (SSSR count). The number of benzene rings is 2. The van der Waals surface area contributed by atoms with Crippen molar-refractivity contribution in [3.63, 3.8) is 0 Å². The monoisotopic (exact) mass is 370 g/mol. The van der Waals surface area contributed by atoms with Gasteiger partial charge in [0.1, 0.15) is 12.4 Å². The number of hydrogen-bond acceptors (Lipinski definition) is 2. The van der Waals surface area contributed by atoms with E-state index in [0.717, 1.165) is 18.4 Å². The molecule has 1 fully saturated rings. The Bertz CT molecular complexity index is 799. The molecule has 0 bridgehead atoms. The van der Waals surface area contributed by atoms with Crippen LogP contribution in [0, 0.1) is 5.82 Å².